The van der Waals surface area contributed by atoms with Gasteiger partial charge in [-0.05, 0) is 46.5 Å². The summed E-state index contributed by atoms with van der Waals surface area (Å²) in [6.07, 6.45) is 0. The van der Waals surface area contributed by atoms with Gasteiger partial charge in [0.1, 0.15) is 6.61 Å². The zero-order chi connectivity index (χ0) is 24.8. The zero-order valence-corrected chi connectivity index (χ0v) is 20.1. The standard InChI is InChI=1S/C28H27NO7/c1-31-22-8-16(9-23(32-2)27(22)33-12-15-6-4-3-5-7-15)24-17-10-20-21(36-14-35-20)11-18(17)26(29)19-13-34-28(30)25(19)24/h3-11,19,24-26H,12-14,29H2,1-2H3. The SMILES string of the molecule is COc1cc(C2c3cc4c(cc3C(N)C3COC(=O)C23)OCO4)cc(OC)c1OCc1ccccc1. The summed E-state index contributed by atoms with van der Waals surface area (Å²) in [7, 11) is 3.17. The van der Waals surface area contributed by atoms with E-state index in [0.717, 1.165) is 22.3 Å². The van der Waals surface area contributed by atoms with Crippen LogP contribution >= 0.6 is 0 Å². The van der Waals surface area contributed by atoms with Crippen LogP contribution in [0.25, 0.3) is 0 Å². The molecule has 2 aliphatic heterocycles. The molecule has 1 aliphatic carbocycles. The molecular weight excluding hydrogens is 462 g/mol. The van der Waals surface area contributed by atoms with Gasteiger partial charge >= 0.3 is 5.97 Å². The van der Waals surface area contributed by atoms with Gasteiger partial charge in [0, 0.05) is 17.9 Å². The summed E-state index contributed by atoms with van der Waals surface area (Å²) in [5.74, 6) is 1.62. The lowest BCUT2D eigenvalue weighted by Gasteiger charge is -2.37. The molecule has 2 N–H and O–H groups in total. The lowest BCUT2D eigenvalue weighted by Crippen LogP contribution is -2.38. The van der Waals surface area contributed by atoms with Gasteiger partial charge in [-0.15, -0.1) is 0 Å². The molecule has 3 aromatic carbocycles. The van der Waals surface area contributed by atoms with E-state index in [9.17, 15) is 4.79 Å². The molecule has 0 bridgehead atoms. The second kappa shape index (κ2) is 8.95. The Bertz CT molecular complexity index is 1280. The highest BCUT2D eigenvalue weighted by atomic mass is 16.7. The Balaban J connectivity index is 1.46. The Morgan fingerprint density at radius 2 is 1.58 bits per heavy atom. The lowest BCUT2D eigenvalue weighted by atomic mass is 9.65. The van der Waals surface area contributed by atoms with Crippen LogP contribution in [0.5, 0.6) is 28.7 Å². The Labute approximate surface area is 208 Å². The molecular formula is C28H27NO7. The number of cyclic esters (lactones) is 1. The van der Waals surface area contributed by atoms with Gasteiger partial charge in [0.15, 0.2) is 23.0 Å². The largest absolute Gasteiger partial charge is 0.493 e. The number of rotatable bonds is 6. The van der Waals surface area contributed by atoms with E-state index in [4.69, 9.17) is 34.2 Å². The van der Waals surface area contributed by atoms with Gasteiger partial charge in [-0.3, -0.25) is 4.79 Å². The fourth-order valence-corrected chi connectivity index (χ4v) is 5.56. The van der Waals surface area contributed by atoms with Gasteiger partial charge < -0.3 is 34.2 Å². The van der Waals surface area contributed by atoms with Crippen LogP contribution in [0.4, 0.5) is 0 Å². The highest BCUT2D eigenvalue weighted by Gasteiger charge is 2.51. The number of carbonyl (C=O) groups excluding carboxylic acids is 1. The number of fused-ring (bicyclic) bond motifs is 3. The third-order valence-corrected chi connectivity index (χ3v) is 7.31. The lowest BCUT2D eigenvalue weighted by molar-refractivity contribution is -0.141. The van der Waals surface area contributed by atoms with Crippen LogP contribution in [0, 0.1) is 11.8 Å². The smallest absolute Gasteiger partial charge is 0.310 e. The van der Waals surface area contributed by atoms with Crippen molar-refractivity contribution < 1.29 is 33.2 Å². The van der Waals surface area contributed by atoms with Gasteiger partial charge in [-0.1, -0.05) is 30.3 Å². The minimum Gasteiger partial charge on any atom is -0.493 e. The van der Waals surface area contributed by atoms with Crippen LogP contribution in [0.1, 0.15) is 34.2 Å². The van der Waals surface area contributed by atoms with E-state index in [1.807, 2.05) is 54.6 Å². The maximum Gasteiger partial charge on any atom is 0.310 e. The van der Waals surface area contributed by atoms with Gasteiger partial charge in [0.2, 0.25) is 12.5 Å². The fourth-order valence-electron chi connectivity index (χ4n) is 5.56. The average molecular weight is 490 g/mol. The Kier molecular flexibility index (Phi) is 5.60. The van der Waals surface area contributed by atoms with E-state index in [1.165, 1.54) is 0 Å². The molecule has 0 saturated carbocycles. The molecule has 0 spiro atoms. The van der Waals surface area contributed by atoms with E-state index in [0.29, 0.717) is 35.4 Å². The topological polar surface area (TPSA) is 98.5 Å². The zero-order valence-electron chi connectivity index (χ0n) is 20.1. The minimum absolute atomic E-state index is 0.155. The first-order valence-corrected chi connectivity index (χ1v) is 11.9. The number of methoxy groups -OCH3 is 2. The van der Waals surface area contributed by atoms with E-state index in [-0.39, 0.29) is 37.2 Å². The van der Waals surface area contributed by atoms with Crippen molar-refractivity contribution in [1.82, 2.24) is 0 Å². The summed E-state index contributed by atoms with van der Waals surface area (Å²) in [5.41, 5.74) is 10.4. The van der Waals surface area contributed by atoms with Crippen molar-refractivity contribution in [3.63, 3.8) is 0 Å². The van der Waals surface area contributed by atoms with Crippen molar-refractivity contribution in [3.05, 3.63) is 76.9 Å². The molecule has 3 aromatic rings. The Morgan fingerprint density at radius 1 is 0.917 bits per heavy atom. The molecule has 3 aliphatic rings. The second-order valence-electron chi connectivity index (χ2n) is 9.19. The molecule has 0 aromatic heterocycles. The van der Waals surface area contributed by atoms with Crippen LogP contribution in [-0.2, 0) is 16.1 Å². The first-order chi connectivity index (χ1) is 17.6. The summed E-state index contributed by atoms with van der Waals surface area (Å²) in [5, 5.41) is 0. The van der Waals surface area contributed by atoms with E-state index < -0.39 is 5.92 Å². The van der Waals surface area contributed by atoms with Gasteiger partial charge in [-0.25, -0.2) is 0 Å². The van der Waals surface area contributed by atoms with Gasteiger partial charge in [0.05, 0.1) is 26.7 Å². The van der Waals surface area contributed by atoms with E-state index in [1.54, 1.807) is 14.2 Å². The van der Waals surface area contributed by atoms with Crippen LogP contribution in [0.2, 0.25) is 0 Å². The molecule has 0 amide bonds. The number of ether oxygens (including phenoxy) is 6. The van der Waals surface area contributed by atoms with Crippen molar-refractivity contribution in [2.45, 2.75) is 18.6 Å². The van der Waals surface area contributed by atoms with Gasteiger partial charge in [0.25, 0.3) is 0 Å². The number of hydrogen-bond acceptors (Lipinski definition) is 8. The average Bonchev–Trinajstić information content (AvgIpc) is 3.53. The van der Waals surface area contributed by atoms with Crippen LogP contribution in [0.3, 0.4) is 0 Å². The molecule has 186 valence electrons. The molecule has 2 heterocycles. The van der Waals surface area contributed by atoms with Crippen LogP contribution in [-0.4, -0.2) is 33.6 Å². The van der Waals surface area contributed by atoms with Crippen LogP contribution in [0.15, 0.2) is 54.6 Å². The van der Waals surface area contributed by atoms with Crippen molar-refractivity contribution in [1.29, 1.82) is 0 Å². The highest BCUT2D eigenvalue weighted by Crippen LogP contribution is 2.55. The highest BCUT2D eigenvalue weighted by molar-refractivity contribution is 5.79. The van der Waals surface area contributed by atoms with E-state index in [2.05, 4.69) is 0 Å². The number of hydrogen-bond donors (Lipinski definition) is 1. The Morgan fingerprint density at radius 3 is 2.25 bits per heavy atom. The summed E-state index contributed by atoms with van der Waals surface area (Å²) < 4.78 is 34.4. The summed E-state index contributed by atoms with van der Waals surface area (Å²) in [6.45, 7) is 0.790. The predicted molar refractivity (Wildman–Crippen MR) is 130 cm³/mol. The maximum atomic E-state index is 13.0. The molecule has 0 radical (unpaired) electrons. The minimum atomic E-state index is -0.446. The first-order valence-electron chi connectivity index (χ1n) is 11.9. The normalized spacial score (nSPS) is 23.5. The second-order valence-corrected chi connectivity index (χ2v) is 9.19. The molecule has 4 atom stereocenters. The molecule has 1 fully saturated rings. The molecule has 36 heavy (non-hydrogen) atoms. The van der Waals surface area contributed by atoms with Crippen molar-refractivity contribution in [2.24, 2.45) is 17.6 Å². The monoisotopic (exact) mass is 489 g/mol. The number of nitrogens with two attached hydrogens (primary N) is 1. The molecule has 1 saturated heterocycles. The van der Waals surface area contributed by atoms with Crippen molar-refractivity contribution in [2.75, 3.05) is 27.6 Å². The molecule has 8 nitrogen and oxygen atoms in total. The van der Waals surface area contributed by atoms with Crippen molar-refractivity contribution in [3.8, 4) is 28.7 Å². The number of esters is 1. The third-order valence-electron chi connectivity index (χ3n) is 7.31. The van der Waals surface area contributed by atoms with Gasteiger partial charge in [-0.2, -0.15) is 0 Å². The number of benzene rings is 3. The molecule has 4 unspecified atom stereocenters. The predicted octanol–water partition coefficient (Wildman–Crippen LogP) is 3.95. The first kappa shape index (κ1) is 22.5. The molecule has 6 rings (SSSR count). The number of carbonyl (C=O) groups is 1. The summed E-state index contributed by atoms with van der Waals surface area (Å²) in [6, 6.07) is 17.2. The summed E-state index contributed by atoms with van der Waals surface area (Å²) >= 11 is 0. The van der Waals surface area contributed by atoms with Crippen LogP contribution < -0.4 is 29.4 Å². The Hall–Kier alpha value is -3.91. The summed E-state index contributed by atoms with van der Waals surface area (Å²) in [4.78, 5) is 13.0. The maximum absolute atomic E-state index is 13.0. The third kappa shape index (κ3) is 3.60. The van der Waals surface area contributed by atoms with E-state index >= 15 is 0 Å². The fraction of sp³-hybridized carbons (Fsp3) is 0.321. The van der Waals surface area contributed by atoms with Crippen molar-refractivity contribution >= 4 is 5.97 Å². The molecule has 8 heteroatoms. The quantitative estimate of drug-likeness (QED) is 0.520.